The molecule has 3 aromatic carbocycles. The third-order valence-electron chi connectivity index (χ3n) is 6.73. The van der Waals surface area contributed by atoms with Crippen LogP contribution in [0.4, 0.5) is 4.79 Å². The molecule has 0 saturated carbocycles. The highest BCUT2D eigenvalue weighted by Gasteiger charge is 2.35. The van der Waals surface area contributed by atoms with E-state index in [-0.39, 0.29) is 12.0 Å². The van der Waals surface area contributed by atoms with Crippen LogP contribution in [0.25, 0.3) is 11.1 Å². The maximum Gasteiger partial charge on any atom is 0.409 e. The van der Waals surface area contributed by atoms with Crippen molar-refractivity contribution in [2.45, 2.75) is 30.8 Å². The second-order valence-electron chi connectivity index (χ2n) is 8.82. The summed E-state index contributed by atoms with van der Waals surface area (Å²) >= 11 is 5.96. The van der Waals surface area contributed by atoms with Gasteiger partial charge >= 0.3 is 6.09 Å². The topological polar surface area (TPSA) is 49.8 Å². The normalized spacial score (nSPS) is 17.0. The Balaban J connectivity index is 1.19. The first-order valence-corrected chi connectivity index (χ1v) is 11.5. The lowest BCUT2D eigenvalue weighted by atomic mass is 9.85. The van der Waals surface area contributed by atoms with Crippen molar-refractivity contribution in [2.24, 2.45) is 0 Å². The summed E-state index contributed by atoms with van der Waals surface area (Å²) in [7, 11) is 0. The molecule has 1 fully saturated rings. The molecule has 1 amide bonds. The molecule has 0 aromatic heterocycles. The van der Waals surface area contributed by atoms with Gasteiger partial charge in [-0.15, -0.1) is 0 Å². The number of ether oxygens (including phenoxy) is 1. The Morgan fingerprint density at radius 1 is 0.938 bits per heavy atom. The average Bonchev–Trinajstić information content (AvgIpc) is 3.13. The van der Waals surface area contributed by atoms with E-state index in [0.29, 0.717) is 44.0 Å². The molecule has 1 N–H and O–H groups in total. The minimum absolute atomic E-state index is 0.0537. The summed E-state index contributed by atoms with van der Waals surface area (Å²) in [6, 6.07) is 24.2. The number of carbonyl (C=O) groups is 1. The number of likely N-dealkylation sites (tertiary alicyclic amines) is 1. The second kappa shape index (κ2) is 8.61. The minimum atomic E-state index is -0.812. The van der Waals surface area contributed by atoms with E-state index >= 15 is 0 Å². The summed E-state index contributed by atoms with van der Waals surface area (Å²) in [5.74, 6) is 0.0537. The third-order valence-corrected chi connectivity index (χ3v) is 6.99. The highest BCUT2D eigenvalue weighted by Crippen LogP contribution is 2.44. The Labute approximate surface area is 193 Å². The Morgan fingerprint density at radius 2 is 1.50 bits per heavy atom. The van der Waals surface area contributed by atoms with E-state index in [4.69, 9.17) is 16.3 Å². The van der Waals surface area contributed by atoms with Crippen molar-refractivity contribution >= 4 is 17.7 Å². The zero-order valence-electron chi connectivity index (χ0n) is 17.8. The summed E-state index contributed by atoms with van der Waals surface area (Å²) in [6.45, 7) is 1.29. The molecule has 1 aliphatic heterocycles. The van der Waals surface area contributed by atoms with E-state index in [1.807, 2.05) is 48.5 Å². The number of aliphatic hydroxyl groups is 1. The number of nitrogens with zero attached hydrogens (tertiary/aromatic N) is 1. The van der Waals surface area contributed by atoms with Crippen LogP contribution in [-0.4, -0.2) is 41.4 Å². The molecule has 5 rings (SSSR count). The van der Waals surface area contributed by atoms with Gasteiger partial charge in [-0.3, -0.25) is 0 Å². The highest BCUT2D eigenvalue weighted by molar-refractivity contribution is 6.30. The molecule has 0 spiro atoms. The summed E-state index contributed by atoms with van der Waals surface area (Å²) in [5.41, 5.74) is 5.08. The van der Waals surface area contributed by atoms with Crippen molar-refractivity contribution in [1.82, 2.24) is 4.90 Å². The maximum absolute atomic E-state index is 12.8. The lowest BCUT2D eigenvalue weighted by molar-refractivity contribution is -0.0200. The van der Waals surface area contributed by atoms with Crippen LogP contribution in [-0.2, 0) is 11.2 Å². The molecule has 1 aliphatic carbocycles. The van der Waals surface area contributed by atoms with Gasteiger partial charge in [0.2, 0.25) is 0 Å². The SMILES string of the molecule is O=C(OCC1c2ccccc2-c2ccccc21)N1CCC(O)(Cc2ccc(Cl)cc2)CC1. The first-order valence-electron chi connectivity index (χ1n) is 11.1. The summed E-state index contributed by atoms with van der Waals surface area (Å²) in [6.07, 6.45) is 1.31. The fourth-order valence-electron chi connectivity index (χ4n) is 4.95. The van der Waals surface area contributed by atoms with Crippen LogP contribution in [0, 0.1) is 0 Å². The van der Waals surface area contributed by atoms with Crippen LogP contribution in [0.2, 0.25) is 5.02 Å². The lowest BCUT2D eigenvalue weighted by Crippen LogP contribution is -2.48. The molecule has 0 radical (unpaired) electrons. The Morgan fingerprint density at radius 3 is 2.09 bits per heavy atom. The number of carbonyl (C=O) groups excluding carboxylic acids is 1. The average molecular weight is 448 g/mol. The molecular formula is C27H26ClNO3. The molecule has 3 aromatic rings. The summed E-state index contributed by atoms with van der Waals surface area (Å²) in [4.78, 5) is 14.5. The molecule has 4 nitrogen and oxygen atoms in total. The fraction of sp³-hybridized carbons (Fsp3) is 0.296. The molecule has 2 aliphatic rings. The monoisotopic (exact) mass is 447 g/mol. The predicted molar refractivity (Wildman–Crippen MR) is 126 cm³/mol. The van der Waals surface area contributed by atoms with Gasteiger partial charge in [-0.2, -0.15) is 0 Å². The minimum Gasteiger partial charge on any atom is -0.448 e. The van der Waals surface area contributed by atoms with Gasteiger partial charge < -0.3 is 14.7 Å². The molecule has 32 heavy (non-hydrogen) atoms. The van der Waals surface area contributed by atoms with Gasteiger partial charge in [0.1, 0.15) is 6.61 Å². The van der Waals surface area contributed by atoms with E-state index in [2.05, 4.69) is 24.3 Å². The number of benzene rings is 3. The number of halogens is 1. The fourth-order valence-corrected chi connectivity index (χ4v) is 5.08. The molecule has 164 valence electrons. The van der Waals surface area contributed by atoms with Crippen LogP contribution in [0.1, 0.15) is 35.4 Å². The first-order chi connectivity index (χ1) is 15.5. The zero-order chi connectivity index (χ0) is 22.1. The van der Waals surface area contributed by atoms with Crippen molar-refractivity contribution in [3.05, 3.63) is 94.5 Å². The standard InChI is InChI=1S/C27H26ClNO3/c28-20-11-9-19(10-12-20)17-27(31)13-15-29(16-14-27)26(30)32-18-25-23-7-3-1-5-21(23)22-6-2-4-8-24(22)25/h1-12,25,31H,13-18H2. The second-order valence-corrected chi connectivity index (χ2v) is 9.26. The quantitative estimate of drug-likeness (QED) is 0.561. The van der Waals surface area contributed by atoms with Crippen molar-refractivity contribution in [1.29, 1.82) is 0 Å². The maximum atomic E-state index is 12.8. The molecule has 0 unspecified atom stereocenters. The van der Waals surface area contributed by atoms with Gasteiger partial charge in [-0.05, 0) is 52.8 Å². The third kappa shape index (κ3) is 4.13. The number of hydrogen-bond donors (Lipinski definition) is 1. The van der Waals surface area contributed by atoms with Gasteiger partial charge in [0.05, 0.1) is 5.60 Å². The van der Waals surface area contributed by atoms with Crippen LogP contribution in [0.5, 0.6) is 0 Å². The Kier molecular flexibility index (Phi) is 5.66. The number of rotatable bonds is 4. The summed E-state index contributed by atoms with van der Waals surface area (Å²) < 4.78 is 5.77. The van der Waals surface area contributed by atoms with Crippen LogP contribution < -0.4 is 0 Å². The number of piperidine rings is 1. The van der Waals surface area contributed by atoms with E-state index in [1.54, 1.807) is 4.90 Å². The molecule has 1 heterocycles. The number of hydrogen-bond acceptors (Lipinski definition) is 3. The molecule has 1 saturated heterocycles. The molecule has 0 bridgehead atoms. The van der Waals surface area contributed by atoms with Crippen molar-refractivity contribution in [2.75, 3.05) is 19.7 Å². The smallest absolute Gasteiger partial charge is 0.409 e. The van der Waals surface area contributed by atoms with Crippen molar-refractivity contribution in [3.8, 4) is 11.1 Å². The van der Waals surface area contributed by atoms with E-state index in [0.717, 1.165) is 5.56 Å². The van der Waals surface area contributed by atoms with E-state index < -0.39 is 5.60 Å². The highest BCUT2D eigenvalue weighted by atomic mass is 35.5. The van der Waals surface area contributed by atoms with Gasteiger partial charge in [-0.1, -0.05) is 72.3 Å². The Hall–Kier alpha value is -2.82. The van der Waals surface area contributed by atoms with Crippen LogP contribution >= 0.6 is 11.6 Å². The van der Waals surface area contributed by atoms with E-state index in [1.165, 1.54) is 22.3 Å². The number of fused-ring (bicyclic) bond motifs is 3. The Bertz CT molecular complexity index is 1070. The predicted octanol–water partition coefficient (Wildman–Crippen LogP) is 5.66. The zero-order valence-corrected chi connectivity index (χ0v) is 18.6. The first kappa shape index (κ1) is 21.0. The molecular weight excluding hydrogens is 422 g/mol. The van der Waals surface area contributed by atoms with E-state index in [9.17, 15) is 9.90 Å². The van der Waals surface area contributed by atoms with Gasteiger partial charge in [0.25, 0.3) is 0 Å². The van der Waals surface area contributed by atoms with Crippen molar-refractivity contribution < 1.29 is 14.6 Å². The molecule has 5 heteroatoms. The van der Waals surface area contributed by atoms with Crippen LogP contribution in [0.15, 0.2) is 72.8 Å². The number of amides is 1. The largest absolute Gasteiger partial charge is 0.448 e. The van der Waals surface area contributed by atoms with Crippen molar-refractivity contribution in [3.63, 3.8) is 0 Å². The van der Waals surface area contributed by atoms with Gasteiger partial charge in [0, 0.05) is 30.5 Å². The lowest BCUT2D eigenvalue weighted by Gasteiger charge is -2.38. The van der Waals surface area contributed by atoms with Crippen LogP contribution in [0.3, 0.4) is 0 Å². The van der Waals surface area contributed by atoms with Gasteiger partial charge in [0.15, 0.2) is 0 Å². The summed E-state index contributed by atoms with van der Waals surface area (Å²) in [5, 5.41) is 11.7. The molecule has 0 atom stereocenters. The van der Waals surface area contributed by atoms with Gasteiger partial charge in [-0.25, -0.2) is 4.79 Å².